The molecule has 2 atom stereocenters. The van der Waals surface area contributed by atoms with Gasteiger partial charge in [0.1, 0.15) is 4.21 Å². The topological polar surface area (TPSA) is 72.2 Å². The third-order valence-electron chi connectivity index (χ3n) is 4.41. The normalized spacial score (nSPS) is 27.6. The van der Waals surface area contributed by atoms with E-state index < -0.39 is 15.6 Å². The SMILES string of the molecule is CCc1ccc(S(=O)(=O)NC2(CN)CCCCC2C)s1. The average Bonchev–Trinajstić information content (AvgIpc) is 2.91. The Hall–Kier alpha value is -0.430. The van der Waals surface area contributed by atoms with Crippen molar-refractivity contribution in [2.75, 3.05) is 6.54 Å². The Balaban J connectivity index is 2.25. The van der Waals surface area contributed by atoms with E-state index in [0.717, 1.165) is 37.0 Å². The predicted octanol–water partition coefficient (Wildman–Crippen LogP) is 2.50. The van der Waals surface area contributed by atoms with E-state index in [9.17, 15) is 8.42 Å². The number of sulfonamides is 1. The lowest BCUT2D eigenvalue weighted by Crippen LogP contribution is -2.58. The second kappa shape index (κ2) is 6.13. The van der Waals surface area contributed by atoms with Crippen LogP contribution in [0.3, 0.4) is 0 Å². The van der Waals surface area contributed by atoms with Gasteiger partial charge < -0.3 is 5.73 Å². The molecule has 114 valence electrons. The molecule has 1 aliphatic carbocycles. The lowest BCUT2D eigenvalue weighted by atomic mass is 9.74. The van der Waals surface area contributed by atoms with Crippen LogP contribution >= 0.6 is 11.3 Å². The molecule has 1 aliphatic rings. The Morgan fingerprint density at radius 3 is 2.75 bits per heavy atom. The molecule has 2 unspecified atom stereocenters. The lowest BCUT2D eigenvalue weighted by Gasteiger charge is -2.42. The summed E-state index contributed by atoms with van der Waals surface area (Å²) in [6.45, 7) is 4.49. The number of nitrogens with one attached hydrogen (secondary N) is 1. The predicted molar refractivity (Wildman–Crippen MR) is 83.4 cm³/mol. The summed E-state index contributed by atoms with van der Waals surface area (Å²) in [5.74, 6) is 0.279. The van der Waals surface area contributed by atoms with E-state index in [0.29, 0.717) is 10.8 Å². The zero-order valence-corrected chi connectivity index (χ0v) is 13.8. The molecule has 0 aliphatic heterocycles. The van der Waals surface area contributed by atoms with Crippen molar-refractivity contribution in [3.63, 3.8) is 0 Å². The second-order valence-corrected chi connectivity index (χ2v) is 8.76. The van der Waals surface area contributed by atoms with Gasteiger partial charge in [0, 0.05) is 17.0 Å². The molecule has 0 bridgehead atoms. The molecule has 1 aromatic heterocycles. The molecule has 1 heterocycles. The van der Waals surface area contributed by atoms with Crippen LogP contribution in [-0.2, 0) is 16.4 Å². The molecular formula is C14H24N2O2S2. The van der Waals surface area contributed by atoms with Crippen molar-refractivity contribution in [3.8, 4) is 0 Å². The fraction of sp³-hybridized carbons (Fsp3) is 0.714. The van der Waals surface area contributed by atoms with Gasteiger partial charge in [0.15, 0.2) is 0 Å². The van der Waals surface area contributed by atoms with Crippen LogP contribution in [0.15, 0.2) is 16.3 Å². The summed E-state index contributed by atoms with van der Waals surface area (Å²) in [4.78, 5) is 1.09. The van der Waals surface area contributed by atoms with Gasteiger partial charge in [0.2, 0.25) is 0 Å². The van der Waals surface area contributed by atoms with Crippen LogP contribution in [0.2, 0.25) is 0 Å². The molecule has 3 N–H and O–H groups in total. The third kappa shape index (κ3) is 3.08. The number of aryl methyl sites for hydroxylation is 1. The van der Waals surface area contributed by atoms with Crippen LogP contribution in [0.25, 0.3) is 0 Å². The number of rotatable bonds is 5. The van der Waals surface area contributed by atoms with Gasteiger partial charge in [-0.2, -0.15) is 0 Å². The van der Waals surface area contributed by atoms with Gasteiger partial charge in [-0.1, -0.05) is 26.7 Å². The van der Waals surface area contributed by atoms with Gasteiger partial charge in [-0.25, -0.2) is 13.1 Å². The first-order valence-electron chi connectivity index (χ1n) is 7.26. The number of hydrogen-bond donors (Lipinski definition) is 2. The summed E-state index contributed by atoms with van der Waals surface area (Å²) >= 11 is 1.35. The van der Waals surface area contributed by atoms with Crippen LogP contribution in [-0.4, -0.2) is 20.5 Å². The molecule has 20 heavy (non-hydrogen) atoms. The van der Waals surface area contributed by atoms with Crippen molar-refractivity contribution in [2.45, 2.75) is 55.7 Å². The highest BCUT2D eigenvalue weighted by Crippen LogP contribution is 2.35. The van der Waals surface area contributed by atoms with Crippen molar-refractivity contribution in [2.24, 2.45) is 11.7 Å². The van der Waals surface area contributed by atoms with Gasteiger partial charge >= 0.3 is 0 Å². The molecule has 4 nitrogen and oxygen atoms in total. The summed E-state index contributed by atoms with van der Waals surface area (Å²) < 4.78 is 28.5. The molecule has 1 aromatic rings. The van der Waals surface area contributed by atoms with E-state index in [-0.39, 0.29) is 5.92 Å². The van der Waals surface area contributed by atoms with Gasteiger partial charge in [-0.3, -0.25) is 0 Å². The summed E-state index contributed by atoms with van der Waals surface area (Å²) in [7, 11) is -3.46. The molecule has 0 saturated heterocycles. The molecule has 0 spiro atoms. The third-order valence-corrected chi connectivity index (χ3v) is 7.68. The molecular weight excluding hydrogens is 292 g/mol. The Kier molecular flexibility index (Phi) is 4.89. The minimum atomic E-state index is -3.46. The standard InChI is InChI=1S/C14H24N2O2S2/c1-3-12-7-8-13(19-12)20(17,18)16-14(10-15)9-5-4-6-11(14)2/h7-8,11,16H,3-6,9-10,15H2,1-2H3. The molecule has 1 fully saturated rings. The number of nitrogens with two attached hydrogens (primary N) is 1. The van der Waals surface area contributed by atoms with Crippen LogP contribution < -0.4 is 10.5 Å². The van der Waals surface area contributed by atoms with Gasteiger partial charge in [0.05, 0.1) is 0 Å². The van der Waals surface area contributed by atoms with E-state index in [4.69, 9.17) is 5.73 Å². The monoisotopic (exact) mass is 316 g/mol. The number of hydrogen-bond acceptors (Lipinski definition) is 4. The highest BCUT2D eigenvalue weighted by Gasteiger charge is 2.40. The summed E-state index contributed by atoms with van der Waals surface area (Å²) in [5, 5.41) is 0. The van der Waals surface area contributed by atoms with Crippen LogP contribution in [0.1, 0.15) is 44.4 Å². The maximum atomic E-state index is 12.6. The van der Waals surface area contributed by atoms with Crippen molar-refractivity contribution >= 4 is 21.4 Å². The molecule has 0 aromatic carbocycles. The Bertz CT molecular complexity index is 553. The summed E-state index contributed by atoms with van der Waals surface area (Å²) in [5.41, 5.74) is 5.44. The van der Waals surface area contributed by atoms with E-state index in [1.165, 1.54) is 11.3 Å². The largest absolute Gasteiger partial charge is 0.329 e. The van der Waals surface area contributed by atoms with E-state index in [1.807, 2.05) is 13.0 Å². The maximum absolute atomic E-state index is 12.6. The van der Waals surface area contributed by atoms with E-state index in [1.54, 1.807) is 6.07 Å². The van der Waals surface area contributed by atoms with Crippen LogP contribution in [0, 0.1) is 5.92 Å². The summed E-state index contributed by atoms with van der Waals surface area (Å²) in [6.07, 6.45) is 4.91. The van der Waals surface area contributed by atoms with Gasteiger partial charge in [0.25, 0.3) is 10.0 Å². The van der Waals surface area contributed by atoms with Gasteiger partial charge in [-0.05, 0) is 37.3 Å². The maximum Gasteiger partial charge on any atom is 0.250 e. The first-order valence-corrected chi connectivity index (χ1v) is 9.56. The molecule has 1 saturated carbocycles. The minimum absolute atomic E-state index is 0.279. The quantitative estimate of drug-likeness (QED) is 0.876. The lowest BCUT2D eigenvalue weighted by molar-refractivity contribution is 0.191. The molecule has 6 heteroatoms. The van der Waals surface area contributed by atoms with Crippen molar-refractivity contribution < 1.29 is 8.42 Å². The van der Waals surface area contributed by atoms with Crippen LogP contribution in [0.5, 0.6) is 0 Å². The minimum Gasteiger partial charge on any atom is -0.329 e. The van der Waals surface area contributed by atoms with Crippen molar-refractivity contribution in [1.29, 1.82) is 0 Å². The van der Waals surface area contributed by atoms with Gasteiger partial charge in [-0.15, -0.1) is 11.3 Å². The Morgan fingerprint density at radius 2 is 2.20 bits per heavy atom. The molecule has 0 amide bonds. The summed E-state index contributed by atoms with van der Waals surface area (Å²) in [6, 6.07) is 3.59. The second-order valence-electron chi connectivity index (χ2n) is 5.69. The smallest absolute Gasteiger partial charge is 0.250 e. The highest BCUT2D eigenvalue weighted by molar-refractivity contribution is 7.91. The Morgan fingerprint density at radius 1 is 1.45 bits per heavy atom. The first kappa shape index (κ1) is 15.9. The van der Waals surface area contributed by atoms with E-state index in [2.05, 4.69) is 11.6 Å². The van der Waals surface area contributed by atoms with Crippen molar-refractivity contribution in [1.82, 2.24) is 4.72 Å². The molecule has 2 rings (SSSR count). The fourth-order valence-corrected chi connectivity index (χ4v) is 5.75. The zero-order chi connectivity index (χ0) is 14.8. The highest BCUT2D eigenvalue weighted by atomic mass is 32.2. The van der Waals surface area contributed by atoms with E-state index >= 15 is 0 Å². The average molecular weight is 316 g/mol. The van der Waals surface area contributed by atoms with Crippen molar-refractivity contribution in [3.05, 3.63) is 17.0 Å². The number of thiophene rings is 1. The Labute approximate surface area is 125 Å². The molecule has 0 radical (unpaired) electrons. The zero-order valence-electron chi connectivity index (χ0n) is 12.2. The fourth-order valence-electron chi connectivity index (χ4n) is 2.92. The first-order chi connectivity index (χ1) is 9.43. The van der Waals surface area contributed by atoms with Crippen LogP contribution in [0.4, 0.5) is 0 Å².